The molecule has 4 rings (SSSR count). The third-order valence-corrected chi connectivity index (χ3v) is 5.06. The Morgan fingerprint density at radius 2 is 2.12 bits per heavy atom. The molecule has 6 heteroatoms. The fourth-order valence-corrected chi connectivity index (χ4v) is 3.45. The highest BCUT2D eigenvalue weighted by Crippen LogP contribution is 2.34. The van der Waals surface area contributed by atoms with Crippen LogP contribution in [0.5, 0.6) is 5.75 Å². The Bertz CT molecular complexity index is 754. The van der Waals surface area contributed by atoms with Crippen LogP contribution in [0.4, 0.5) is 0 Å². The van der Waals surface area contributed by atoms with Gasteiger partial charge in [0.1, 0.15) is 17.1 Å². The molecule has 136 valence electrons. The summed E-state index contributed by atoms with van der Waals surface area (Å²) in [5.74, 6) is 2.28. The van der Waals surface area contributed by atoms with Crippen LogP contribution in [0.15, 0.2) is 22.6 Å². The van der Waals surface area contributed by atoms with E-state index in [-0.39, 0.29) is 31.0 Å². The number of halogens is 1. The zero-order valence-electron chi connectivity index (χ0n) is 14.3. The first kappa shape index (κ1) is 18.1. The molecule has 1 saturated carbocycles. The topological polar surface area (TPSA) is 77.5 Å². The number of hydrogen-bond acceptors (Lipinski definition) is 4. The monoisotopic (exact) mass is 364 g/mol. The Kier molecular flexibility index (Phi) is 5.54. The van der Waals surface area contributed by atoms with Crippen LogP contribution >= 0.6 is 12.4 Å². The number of furan rings is 1. The number of ether oxygens (including phenoxy) is 1. The molecule has 1 fully saturated rings. The maximum Gasteiger partial charge on any atom is 0.257 e. The molecule has 0 aliphatic heterocycles. The van der Waals surface area contributed by atoms with E-state index in [0.29, 0.717) is 18.2 Å². The summed E-state index contributed by atoms with van der Waals surface area (Å²) in [6, 6.07) is 5.86. The largest absolute Gasteiger partial charge is 0.484 e. The second-order valence-electron chi connectivity index (χ2n) is 6.96. The van der Waals surface area contributed by atoms with E-state index in [1.54, 1.807) is 0 Å². The summed E-state index contributed by atoms with van der Waals surface area (Å²) >= 11 is 0. The van der Waals surface area contributed by atoms with Gasteiger partial charge < -0.3 is 20.2 Å². The van der Waals surface area contributed by atoms with Crippen LogP contribution in [0.25, 0.3) is 11.0 Å². The van der Waals surface area contributed by atoms with E-state index in [0.717, 1.165) is 29.6 Å². The molecule has 1 aromatic heterocycles. The van der Waals surface area contributed by atoms with Gasteiger partial charge in [0.15, 0.2) is 6.61 Å². The van der Waals surface area contributed by atoms with E-state index >= 15 is 0 Å². The van der Waals surface area contributed by atoms with Crippen molar-refractivity contribution in [2.45, 2.75) is 44.6 Å². The lowest BCUT2D eigenvalue weighted by atomic mass is 9.96. The fraction of sp³-hybridized carbons (Fsp3) is 0.526. The van der Waals surface area contributed by atoms with Gasteiger partial charge in [0.25, 0.3) is 5.91 Å². The molecule has 1 aromatic carbocycles. The standard InChI is InChI=1S/C19H24N2O3.ClH/c20-16(12-5-6-12)10-21-19(22)11-23-13-7-8-18-15(9-13)14-3-1-2-4-17(14)24-18;/h7-9,12,16H,1-6,10-11,20H2,(H,21,22);1H. The Balaban J connectivity index is 0.00000182. The van der Waals surface area contributed by atoms with E-state index in [9.17, 15) is 4.79 Å². The van der Waals surface area contributed by atoms with Crippen LogP contribution in [-0.2, 0) is 17.6 Å². The van der Waals surface area contributed by atoms with Crippen LogP contribution < -0.4 is 15.8 Å². The highest BCUT2D eigenvalue weighted by molar-refractivity contribution is 5.85. The molecule has 1 unspecified atom stereocenters. The van der Waals surface area contributed by atoms with Gasteiger partial charge in [0.2, 0.25) is 0 Å². The minimum Gasteiger partial charge on any atom is -0.484 e. The molecule has 2 aliphatic carbocycles. The number of hydrogen-bond donors (Lipinski definition) is 2. The van der Waals surface area contributed by atoms with Gasteiger partial charge in [-0.1, -0.05) is 0 Å². The highest BCUT2D eigenvalue weighted by atomic mass is 35.5. The first-order valence-corrected chi connectivity index (χ1v) is 8.90. The van der Waals surface area contributed by atoms with Crippen molar-refractivity contribution in [3.63, 3.8) is 0 Å². The number of carbonyl (C=O) groups excluding carboxylic acids is 1. The summed E-state index contributed by atoms with van der Waals surface area (Å²) in [5, 5.41) is 3.97. The average molecular weight is 365 g/mol. The van der Waals surface area contributed by atoms with Gasteiger partial charge in [-0.25, -0.2) is 0 Å². The zero-order valence-corrected chi connectivity index (χ0v) is 15.1. The normalized spacial score (nSPS) is 17.5. The molecule has 2 aliphatic rings. The molecule has 0 saturated heterocycles. The SMILES string of the molecule is Cl.NC(CNC(=O)COc1ccc2oc3c(c2c1)CCCC3)C1CC1. The second kappa shape index (κ2) is 7.67. The van der Waals surface area contributed by atoms with Gasteiger partial charge in [0.05, 0.1) is 0 Å². The summed E-state index contributed by atoms with van der Waals surface area (Å²) in [5.41, 5.74) is 8.20. The van der Waals surface area contributed by atoms with Crippen molar-refractivity contribution in [2.24, 2.45) is 11.7 Å². The maximum absolute atomic E-state index is 11.9. The Morgan fingerprint density at radius 3 is 2.92 bits per heavy atom. The van der Waals surface area contributed by atoms with Crippen molar-refractivity contribution in [3.05, 3.63) is 29.5 Å². The van der Waals surface area contributed by atoms with Crippen LogP contribution in [-0.4, -0.2) is 25.1 Å². The number of nitrogens with one attached hydrogen (secondary N) is 1. The van der Waals surface area contributed by atoms with E-state index in [2.05, 4.69) is 5.32 Å². The Morgan fingerprint density at radius 1 is 1.32 bits per heavy atom. The van der Waals surface area contributed by atoms with Crippen LogP contribution in [0, 0.1) is 5.92 Å². The third-order valence-electron chi connectivity index (χ3n) is 5.06. The predicted molar refractivity (Wildman–Crippen MR) is 99.3 cm³/mol. The second-order valence-corrected chi connectivity index (χ2v) is 6.96. The molecule has 2 aromatic rings. The average Bonchev–Trinajstić information content (AvgIpc) is 3.39. The Labute approximate surface area is 153 Å². The minimum absolute atomic E-state index is 0. The smallest absolute Gasteiger partial charge is 0.257 e. The van der Waals surface area contributed by atoms with Gasteiger partial charge in [-0.05, 0) is 56.2 Å². The molecule has 1 atom stereocenters. The van der Waals surface area contributed by atoms with Crippen molar-refractivity contribution in [3.8, 4) is 5.75 Å². The summed E-state index contributed by atoms with van der Waals surface area (Å²) in [7, 11) is 0. The molecule has 0 bridgehead atoms. The number of benzene rings is 1. The predicted octanol–water partition coefficient (Wildman–Crippen LogP) is 2.97. The summed E-state index contributed by atoms with van der Waals surface area (Å²) in [4.78, 5) is 11.9. The lowest BCUT2D eigenvalue weighted by Gasteiger charge is -2.12. The number of amides is 1. The number of fused-ring (bicyclic) bond motifs is 3. The lowest BCUT2D eigenvalue weighted by Crippen LogP contribution is -2.40. The fourth-order valence-electron chi connectivity index (χ4n) is 3.45. The van der Waals surface area contributed by atoms with Crippen molar-refractivity contribution in [1.29, 1.82) is 0 Å². The van der Waals surface area contributed by atoms with Gasteiger partial charge in [-0.3, -0.25) is 4.79 Å². The molecule has 0 spiro atoms. The molecule has 25 heavy (non-hydrogen) atoms. The summed E-state index contributed by atoms with van der Waals surface area (Å²) < 4.78 is 11.6. The zero-order chi connectivity index (χ0) is 16.5. The first-order chi connectivity index (χ1) is 11.7. The van der Waals surface area contributed by atoms with Crippen molar-refractivity contribution < 1.29 is 13.9 Å². The molecule has 0 radical (unpaired) electrons. The van der Waals surface area contributed by atoms with Gasteiger partial charge in [-0.2, -0.15) is 0 Å². The van der Waals surface area contributed by atoms with Gasteiger partial charge >= 0.3 is 0 Å². The molecule has 1 heterocycles. The summed E-state index contributed by atoms with van der Waals surface area (Å²) in [6.45, 7) is 0.546. The summed E-state index contributed by atoms with van der Waals surface area (Å²) in [6.07, 6.45) is 6.84. The number of rotatable bonds is 6. The highest BCUT2D eigenvalue weighted by Gasteiger charge is 2.28. The van der Waals surface area contributed by atoms with E-state index in [1.165, 1.54) is 31.2 Å². The quantitative estimate of drug-likeness (QED) is 0.826. The molecule has 5 nitrogen and oxygen atoms in total. The van der Waals surface area contributed by atoms with Crippen LogP contribution in [0.1, 0.15) is 37.0 Å². The number of aryl methyl sites for hydroxylation is 2. The van der Waals surface area contributed by atoms with E-state index < -0.39 is 0 Å². The first-order valence-electron chi connectivity index (χ1n) is 8.90. The molecular weight excluding hydrogens is 340 g/mol. The third kappa shape index (κ3) is 4.10. The van der Waals surface area contributed by atoms with Crippen molar-refractivity contribution >= 4 is 29.3 Å². The van der Waals surface area contributed by atoms with Crippen LogP contribution in [0.2, 0.25) is 0 Å². The Hall–Kier alpha value is -1.72. The molecule has 1 amide bonds. The van der Waals surface area contributed by atoms with E-state index in [1.807, 2.05) is 18.2 Å². The van der Waals surface area contributed by atoms with Crippen molar-refractivity contribution in [2.75, 3.05) is 13.2 Å². The molecular formula is C19H25ClN2O3. The number of carbonyl (C=O) groups is 1. The minimum atomic E-state index is -0.125. The molecule has 3 N–H and O–H groups in total. The van der Waals surface area contributed by atoms with Crippen LogP contribution in [0.3, 0.4) is 0 Å². The lowest BCUT2D eigenvalue weighted by molar-refractivity contribution is -0.123. The number of nitrogens with two attached hydrogens (primary N) is 1. The van der Waals surface area contributed by atoms with E-state index in [4.69, 9.17) is 14.9 Å². The van der Waals surface area contributed by atoms with Gasteiger partial charge in [0, 0.05) is 30.0 Å². The van der Waals surface area contributed by atoms with Gasteiger partial charge in [-0.15, -0.1) is 12.4 Å². The van der Waals surface area contributed by atoms with Crippen molar-refractivity contribution in [1.82, 2.24) is 5.32 Å². The maximum atomic E-state index is 11.9.